The van der Waals surface area contributed by atoms with Crippen LogP contribution in [-0.4, -0.2) is 29.3 Å². The molecule has 2 N–H and O–H groups in total. The zero-order chi connectivity index (χ0) is 18.5. The number of nitrogens with zero attached hydrogens (tertiary/aromatic N) is 1. The molecule has 8 heteroatoms. The summed E-state index contributed by atoms with van der Waals surface area (Å²) in [5, 5.41) is 5.90. The predicted octanol–water partition coefficient (Wildman–Crippen LogP) is 3.60. The van der Waals surface area contributed by atoms with Gasteiger partial charge in [0.05, 0.1) is 12.8 Å². The maximum absolute atomic E-state index is 12.5. The van der Waals surface area contributed by atoms with Crippen molar-refractivity contribution < 1.29 is 14.3 Å². The first-order valence-electron chi connectivity index (χ1n) is 7.79. The highest BCUT2D eigenvalue weighted by Crippen LogP contribution is 2.26. The van der Waals surface area contributed by atoms with Crippen molar-refractivity contribution >= 4 is 51.7 Å². The van der Waals surface area contributed by atoms with Gasteiger partial charge in [0, 0.05) is 17.1 Å². The zero-order valence-electron chi connectivity index (χ0n) is 13.9. The molecular weight excluding hydrogens is 374 g/mol. The van der Waals surface area contributed by atoms with E-state index in [-0.39, 0.29) is 18.2 Å². The number of halogens is 1. The number of rotatable bonds is 4. The Morgan fingerprint density at radius 3 is 2.58 bits per heavy atom. The number of amides is 2. The third-order valence-corrected chi connectivity index (χ3v) is 4.91. The Labute approximate surface area is 160 Å². The van der Waals surface area contributed by atoms with Crippen molar-refractivity contribution in [2.24, 2.45) is 4.99 Å². The number of amidine groups is 1. The summed E-state index contributed by atoms with van der Waals surface area (Å²) >= 11 is 7.06. The smallest absolute Gasteiger partial charge is 0.238 e. The van der Waals surface area contributed by atoms with E-state index in [1.807, 2.05) is 0 Å². The highest BCUT2D eigenvalue weighted by Gasteiger charge is 2.30. The highest BCUT2D eigenvalue weighted by atomic mass is 35.5. The Morgan fingerprint density at radius 2 is 1.92 bits per heavy atom. The fraction of sp³-hybridized carbons (Fsp3) is 0.167. The van der Waals surface area contributed by atoms with Gasteiger partial charge in [0.2, 0.25) is 11.8 Å². The average molecular weight is 390 g/mol. The number of aliphatic imine (C=N–C) groups is 1. The number of nitrogens with one attached hydrogen (secondary N) is 2. The predicted molar refractivity (Wildman–Crippen MR) is 104 cm³/mol. The van der Waals surface area contributed by atoms with Crippen LogP contribution in [0.3, 0.4) is 0 Å². The number of benzene rings is 2. The lowest BCUT2D eigenvalue weighted by Crippen LogP contribution is -2.41. The molecule has 1 unspecified atom stereocenters. The summed E-state index contributed by atoms with van der Waals surface area (Å²) in [6.45, 7) is 0. The van der Waals surface area contributed by atoms with Crippen molar-refractivity contribution in [2.45, 2.75) is 11.7 Å². The molecule has 0 spiro atoms. The topological polar surface area (TPSA) is 79.8 Å². The van der Waals surface area contributed by atoms with Gasteiger partial charge in [-0.25, -0.2) is 4.99 Å². The molecule has 1 heterocycles. The van der Waals surface area contributed by atoms with E-state index in [0.717, 1.165) is 5.75 Å². The number of thioether (sulfide) groups is 1. The van der Waals surface area contributed by atoms with Crippen molar-refractivity contribution in [3.05, 3.63) is 53.6 Å². The van der Waals surface area contributed by atoms with Crippen molar-refractivity contribution in [3.8, 4) is 5.75 Å². The Kier molecular flexibility index (Phi) is 5.80. The van der Waals surface area contributed by atoms with E-state index in [1.54, 1.807) is 55.6 Å². The standard InChI is InChI=1S/C18H16ClN3O3S/c1-25-14-8-6-13(7-9-14)21-18-22-16(23)10-15(26-18)17(24)20-12-4-2-11(19)3-5-12/h2-9,15H,10H2,1H3,(H,20,24)(H,21,22,23). The second-order valence-electron chi connectivity index (χ2n) is 5.47. The van der Waals surface area contributed by atoms with Gasteiger partial charge in [-0.1, -0.05) is 23.4 Å². The molecule has 1 atom stereocenters. The molecule has 134 valence electrons. The molecule has 26 heavy (non-hydrogen) atoms. The molecule has 2 amide bonds. The Hall–Kier alpha value is -2.51. The summed E-state index contributed by atoms with van der Waals surface area (Å²) in [5.41, 5.74) is 1.28. The molecule has 3 rings (SSSR count). The molecule has 0 radical (unpaired) electrons. The molecule has 0 aromatic heterocycles. The summed E-state index contributed by atoms with van der Waals surface area (Å²) in [6.07, 6.45) is 0.0890. The molecule has 1 aliphatic heterocycles. The minimum Gasteiger partial charge on any atom is -0.497 e. The Morgan fingerprint density at radius 1 is 1.23 bits per heavy atom. The second-order valence-corrected chi connectivity index (χ2v) is 7.10. The maximum atomic E-state index is 12.5. The minimum absolute atomic E-state index is 0.0890. The lowest BCUT2D eigenvalue weighted by Gasteiger charge is -2.22. The first kappa shape index (κ1) is 18.3. The van der Waals surface area contributed by atoms with E-state index in [4.69, 9.17) is 16.3 Å². The van der Waals surface area contributed by atoms with Gasteiger partial charge in [-0.3, -0.25) is 9.59 Å². The molecule has 1 aliphatic rings. The Bertz CT molecular complexity index is 838. The van der Waals surface area contributed by atoms with Crippen LogP contribution in [0.4, 0.5) is 11.4 Å². The van der Waals surface area contributed by atoms with Gasteiger partial charge in [-0.05, 0) is 48.5 Å². The molecule has 2 aromatic rings. The van der Waals surface area contributed by atoms with Crippen LogP contribution in [0.25, 0.3) is 0 Å². The van der Waals surface area contributed by atoms with E-state index in [2.05, 4.69) is 15.6 Å². The highest BCUT2D eigenvalue weighted by molar-refractivity contribution is 8.15. The number of carbonyl (C=O) groups excluding carboxylic acids is 2. The molecule has 0 aliphatic carbocycles. The molecular formula is C18H16ClN3O3S. The average Bonchev–Trinajstić information content (AvgIpc) is 2.64. The Balaban J connectivity index is 1.70. The number of hydrogen-bond acceptors (Lipinski definition) is 5. The summed E-state index contributed by atoms with van der Waals surface area (Å²) < 4.78 is 5.10. The van der Waals surface area contributed by atoms with Gasteiger partial charge >= 0.3 is 0 Å². The van der Waals surface area contributed by atoms with E-state index >= 15 is 0 Å². The lowest BCUT2D eigenvalue weighted by molar-refractivity contribution is -0.123. The van der Waals surface area contributed by atoms with Crippen LogP contribution in [0.15, 0.2) is 53.5 Å². The van der Waals surface area contributed by atoms with Crippen molar-refractivity contribution in [1.29, 1.82) is 0 Å². The normalized spacial score (nSPS) is 18.3. The quantitative estimate of drug-likeness (QED) is 0.837. The molecule has 0 bridgehead atoms. The number of hydrogen-bond donors (Lipinski definition) is 2. The summed E-state index contributed by atoms with van der Waals surface area (Å²) in [5.74, 6) is 0.219. The fourth-order valence-corrected chi connectivity index (χ4v) is 3.40. The maximum Gasteiger partial charge on any atom is 0.238 e. The van der Waals surface area contributed by atoms with E-state index in [9.17, 15) is 9.59 Å². The van der Waals surface area contributed by atoms with Gasteiger partial charge in [-0.15, -0.1) is 0 Å². The van der Waals surface area contributed by atoms with E-state index < -0.39 is 5.25 Å². The third kappa shape index (κ3) is 4.77. The van der Waals surface area contributed by atoms with Crippen LogP contribution in [0.5, 0.6) is 5.75 Å². The van der Waals surface area contributed by atoms with Crippen LogP contribution >= 0.6 is 23.4 Å². The monoisotopic (exact) mass is 389 g/mol. The second kappa shape index (κ2) is 8.25. The number of anilines is 1. The third-order valence-electron chi connectivity index (χ3n) is 3.58. The SMILES string of the molecule is COc1ccc(N=C2NC(=O)CC(C(=O)Nc3ccc(Cl)cc3)S2)cc1. The van der Waals surface area contributed by atoms with Gasteiger partial charge in [-0.2, -0.15) is 0 Å². The van der Waals surface area contributed by atoms with Gasteiger partial charge in [0.15, 0.2) is 5.17 Å². The summed E-state index contributed by atoms with van der Waals surface area (Å²) in [4.78, 5) is 28.8. The fourth-order valence-electron chi connectivity index (χ4n) is 2.28. The molecule has 1 saturated heterocycles. The van der Waals surface area contributed by atoms with Gasteiger partial charge < -0.3 is 15.4 Å². The first-order chi connectivity index (χ1) is 12.5. The molecule has 0 saturated carbocycles. The van der Waals surface area contributed by atoms with Crippen molar-refractivity contribution in [3.63, 3.8) is 0 Å². The molecule has 6 nitrogen and oxygen atoms in total. The lowest BCUT2D eigenvalue weighted by atomic mass is 10.2. The van der Waals surface area contributed by atoms with Crippen LogP contribution in [0.1, 0.15) is 6.42 Å². The van der Waals surface area contributed by atoms with E-state index in [0.29, 0.717) is 21.6 Å². The number of methoxy groups -OCH3 is 1. The van der Waals surface area contributed by atoms with E-state index in [1.165, 1.54) is 11.8 Å². The van der Waals surface area contributed by atoms with Crippen LogP contribution in [-0.2, 0) is 9.59 Å². The minimum atomic E-state index is -0.559. The van der Waals surface area contributed by atoms with Gasteiger partial charge in [0.25, 0.3) is 0 Å². The summed E-state index contributed by atoms with van der Waals surface area (Å²) in [6, 6.07) is 13.9. The molecule has 1 fully saturated rings. The molecule has 2 aromatic carbocycles. The largest absolute Gasteiger partial charge is 0.497 e. The summed E-state index contributed by atoms with van der Waals surface area (Å²) in [7, 11) is 1.59. The van der Waals surface area contributed by atoms with Crippen LogP contribution < -0.4 is 15.4 Å². The number of carbonyl (C=O) groups is 2. The zero-order valence-corrected chi connectivity index (χ0v) is 15.4. The number of ether oxygens (including phenoxy) is 1. The van der Waals surface area contributed by atoms with Crippen molar-refractivity contribution in [1.82, 2.24) is 5.32 Å². The first-order valence-corrected chi connectivity index (χ1v) is 9.05. The van der Waals surface area contributed by atoms with Gasteiger partial charge in [0.1, 0.15) is 11.0 Å². The van der Waals surface area contributed by atoms with Crippen LogP contribution in [0.2, 0.25) is 5.02 Å². The van der Waals surface area contributed by atoms with Crippen molar-refractivity contribution in [2.75, 3.05) is 12.4 Å². The van der Waals surface area contributed by atoms with Crippen LogP contribution in [0, 0.1) is 0 Å².